The molecule has 1 atom stereocenters. The lowest BCUT2D eigenvalue weighted by Crippen LogP contribution is -2.39. The summed E-state index contributed by atoms with van der Waals surface area (Å²) in [5.74, 6) is 1.93. The lowest BCUT2D eigenvalue weighted by Gasteiger charge is -2.18. The van der Waals surface area contributed by atoms with Crippen molar-refractivity contribution in [2.24, 2.45) is 5.92 Å². The second-order valence-electron chi connectivity index (χ2n) is 6.80. The van der Waals surface area contributed by atoms with Crippen LogP contribution in [0.5, 0.6) is 11.5 Å². The van der Waals surface area contributed by atoms with Gasteiger partial charge in [0.1, 0.15) is 0 Å². The van der Waals surface area contributed by atoms with Gasteiger partial charge in [0.25, 0.3) is 0 Å². The first-order valence-electron chi connectivity index (χ1n) is 9.32. The summed E-state index contributed by atoms with van der Waals surface area (Å²) in [4.78, 5) is 18.5. The summed E-state index contributed by atoms with van der Waals surface area (Å²) >= 11 is 0. The Bertz CT molecular complexity index is 752. The first-order valence-corrected chi connectivity index (χ1v) is 9.32. The molecule has 2 heterocycles. The number of nitrogens with zero attached hydrogens (tertiary/aromatic N) is 2. The van der Waals surface area contributed by atoms with Crippen molar-refractivity contribution in [1.29, 1.82) is 0 Å². The Hall–Kier alpha value is -2.76. The number of urea groups is 1. The van der Waals surface area contributed by atoms with Gasteiger partial charge in [-0.05, 0) is 48.4 Å². The number of ether oxygens (including phenoxy) is 2. The molecule has 1 N–H and O–H groups in total. The lowest BCUT2D eigenvalue weighted by atomic mass is 10.0. The van der Waals surface area contributed by atoms with Gasteiger partial charge in [0.2, 0.25) is 0 Å². The Morgan fingerprint density at radius 1 is 1.26 bits per heavy atom. The zero-order valence-corrected chi connectivity index (χ0v) is 16.0. The molecule has 1 aliphatic heterocycles. The van der Waals surface area contributed by atoms with Gasteiger partial charge in [-0.3, -0.25) is 4.98 Å². The average Bonchev–Trinajstić information content (AvgIpc) is 3.17. The van der Waals surface area contributed by atoms with E-state index in [9.17, 15) is 4.79 Å². The van der Waals surface area contributed by atoms with Crippen molar-refractivity contribution < 1.29 is 14.3 Å². The molecule has 6 nitrogen and oxygen atoms in total. The smallest absolute Gasteiger partial charge is 0.317 e. The largest absolute Gasteiger partial charge is 0.493 e. The van der Waals surface area contributed by atoms with Crippen LogP contribution >= 0.6 is 0 Å². The Kier molecular flexibility index (Phi) is 6.52. The maximum absolute atomic E-state index is 12.5. The van der Waals surface area contributed by atoms with Crippen molar-refractivity contribution in [3.8, 4) is 11.5 Å². The minimum absolute atomic E-state index is 0.00514. The number of benzene rings is 1. The third-order valence-electron chi connectivity index (χ3n) is 4.98. The fraction of sp³-hybridized carbons (Fsp3) is 0.429. The van der Waals surface area contributed by atoms with E-state index in [0.717, 1.165) is 37.2 Å². The maximum atomic E-state index is 12.5. The van der Waals surface area contributed by atoms with Gasteiger partial charge in [0.15, 0.2) is 11.5 Å². The maximum Gasteiger partial charge on any atom is 0.317 e. The van der Waals surface area contributed by atoms with Crippen molar-refractivity contribution in [3.63, 3.8) is 0 Å². The average molecular weight is 369 g/mol. The van der Waals surface area contributed by atoms with Crippen LogP contribution in [0.3, 0.4) is 0 Å². The zero-order valence-electron chi connectivity index (χ0n) is 16.0. The fourth-order valence-electron chi connectivity index (χ4n) is 3.60. The van der Waals surface area contributed by atoms with Crippen LogP contribution in [0, 0.1) is 5.92 Å². The third-order valence-corrected chi connectivity index (χ3v) is 4.98. The molecule has 1 unspecified atom stereocenters. The third kappa shape index (κ3) is 4.90. The molecule has 1 aromatic heterocycles. The van der Waals surface area contributed by atoms with E-state index >= 15 is 0 Å². The number of carbonyl (C=O) groups excluding carboxylic acids is 1. The Morgan fingerprint density at radius 2 is 2.15 bits per heavy atom. The highest BCUT2D eigenvalue weighted by Crippen LogP contribution is 2.30. The van der Waals surface area contributed by atoms with Gasteiger partial charge in [0, 0.05) is 32.0 Å². The summed E-state index contributed by atoms with van der Waals surface area (Å²) in [7, 11) is 3.26. The Balaban J connectivity index is 1.46. The van der Waals surface area contributed by atoms with Crippen LogP contribution in [0.4, 0.5) is 4.79 Å². The predicted molar refractivity (Wildman–Crippen MR) is 104 cm³/mol. The number of likely N-dealkylation sites (tertiary alicyclic amines) is 1. The summed E-state index contributed by atoms with van der Waals surface area (Å²) in [5, 5.41) is 3.02. The molecule has 2 aromatic rings. The van der Waals surface area contributed by atoms with E-state index in [4.69, 9.17) is 9.47 Å². The van der Waals surface area contributed by atoms with Gasteiger partial charge in [0.05, 0.1) is 14.2 Å². The molecular weight excluding hydrogens is 342 g/mol. The van der Waals surface area contributed by atoms with Gasteiger partial charge in [-0.25, -0.2) is 4.79 Å². The number of carbonyl (C=O) groups is 1. The number of para-hydroxylation sites is 1. The van der Waals surface area contributed by atoms with Gasteiger partial charge in [-0.1, -0.05) is 18.2 Å². The van der Waals surface area contributed by atoms with E-state index < -0.39 is 0 Å². The van der Waals surface area contributed by atoms with Crippen LogP contribution in [-0.2, 0) is 12.8 Å². The highest BCUT2D eigenvalue weighted by molar-refractivity contribution is 5.74. The molecule has 1 aromatic carbocycles. The Morgan fingerprint density at radius 3 is 2.89 bits per heavy atom. The molecule has 0 spiro atoms. The molecule has 0 aliphatic carbocycles. The molecule has 144 valence electrons. The van der Waals surface area contributed by atoms with Crippen LogP contribution in [0.25, 0.3) is 0 Å². The van der Waals surface area contributed by atoms with E-state index in [1.165, 1.54) is 5.56 Å². The zero-order chi connectivity index (χ0) is 19.1. The van der Waals surface area contributed by atoms with Gasteiger partial charge in [-0.2, -0.15) is 0 Å². The first-order chi connectivity index (χ1) is 13.2. The Labute approximate surface area is 160 Å². The van der Waals surface area contributed by atoms with E-state index in [2.05, 4.69) is 16.4 Å². The minimum atomic E-state index is 0.00514. The van der Waals surface area contributed by atoms with Crippen LogP contribution in [0.2, 0.25) is 0 Å². The number of methoxy groups -OCH3 is 2. The van der Waals surface area contributed by atoms with Crippen molar-refractivity contribution in [1.82, 2.24) is 15.2 Å². The molecular formula is C21H27N3O3. The van der Waals surface area contributed by atoms with Gasteiger partial charge < -0.3 is 19.7 Å². The molecule has 2 amide bonds. The number of hydrogen-bond donors (Lipinski definition) is 1. The number of amides is 2. The standard InChI is InChI=1S/C21H27N3O3/c1-26-19-7-3-6-18(20(19)27-2)8-11-23-21(25)24-12-9-17(15-24)13-16-5-4-10-22-14-16/h3-7,10,14,17H,8-9,11-13,15H2,1-2H3,(H,23,25). The second-order valence-corrected chi connectivity index (χ2v) is 6.80. The summed E-state index contributed by atoms with van der Waals surface area (Å²) in [6.45, 7) is 2.16. The van der Waals surface area contributed by atoms with E-state index in [1.807, 2.05) is 35.4 Å². The summed E-state index contributed by atoms with van der Waals surface area (Å²) in [5.41, 5.74) is 2.25. The van der Waals surface area contributed by atoms with E-state index in [1.54, 1.807) is 20.4 Å². The molecule has 1 saturated heterocycles. The van der Waals surface area contributed by atoms with Crippen molar-refractivity contribution >= 4 is 6.03 Å². The molecule has 0 bridgehead atoms. The molecule has 1 aliphatic rings. The SMILES string of the molecule is COc1cccc(CCNC(=O)N2CCC(Cc3cccnc3)C2)c1OC. The molecule has 0 saturated carbocycles. The molecule has 6 heteroatoms. The topological polar surface area (TPSA) is 63.7 Å². The molecule has 1 fully saturated rings. The van der Waals surface area contributed by atoms with Gasteiger partial charge in [-0.15, -0.1) is 0 Å². The van der Waals surface area contributed by atoms with Crippen molar-refractivity contribution in [2.45, 2.75) is 19.3 Å². The van der Waals surface area contributed by atoms with Crippen LogP contribution < -0.4 is 14.8 Å². The van der Waals surface area contributed by atoms with E-state index in [0.29, 0.717) is 24.6 Å². The minimum Gasteiger partial charge on any atom is -0.493 e. The molecule has 3 rings (SSSR count). The molecule has 27 heavy (non-hydrogen) atoms. The number of nitrogens with one attached hydrogen (secondary N) is 1. The quantitative estimate of drug-likeness (QED) is 0.815. The first kappa shape index (κ1) is 19.0. The van der Waals surface area contributed by atoms with E-state index in [-0.39, 0.29) is 6.03 Å². The van der Waals surface area contributed by atoms with Gasteiger partial charge >= 0.3 is 6.03 Å². The molecule has 0 radical (unpaired) electrons. The lowest BCUT2D eigenvalue weighted by molar-refractivity contribution is 0.207. The predicted octanol–water partition coefficient (Wildman–Crippen LogP) is 2.92. The van der Waals surface area contributed by atoms with Crippen molar-refractivity contribution in [2.75, 3.05) is 33.9 Å². The number of hydrogen-bond acceptors (Lipinski definition) is 4. The van der Waals surface area contributed by atoms with Crippen molar-refractivity contribution in [3.05, 3.63) is 53.9 Å². The summed E-state index contributed by atoms with van der Waals surface area (Å²) < 4.78 is 10.8. The van der Waals surface area contributed by atoms with Crippen LogP contribution in [0.15, 0.2) is 42.7 Å². The normalized spacial score (nSPS) is 16.2. The fourth-order valence-corrected chi connectivity index (χ4v) is 3.60. The summed E-state index contributed by atoms with van der Waals surface area (Å²) in [6.07, 6.45) is 6.39. The number of aromatic nitrogens is 1. The second kappa shape index (κ2) is 9.26. The summed E-state index contributed by atoms with van der Waals surface area (Å²) in [6, 6.07) is 9.85. The van der Waals surface area contributed by atoms with Crippen LogP contribution in [0.1, 0.15) is 17.5 Å². The monoisotopic (exact) mass is 369 g/mol. The highest BCUT2D eigenvalue weighted by atomic mass is 16.5. The number of rotatable bonds is 7. The number of pyridine rings is 1. The highest BCUT2D eigenvalue weighted by Gasteiger charge is 2.26. The van der Waals surface area contributed by atoms with Crippen LogP contribution in [-0.4, -0.2) is 49.8 Å².